The van der Waals surface area contributed by atoms with Crippen LogP contribution >= 0.6 is 22.9 Å². The average molecular weight is 298 g/mol. The van der Waals surface area contributed by atoms with Crippen molar-refractivity contribution in [3.05, 3.63) is 17.3 Å². The summed E-state index contributed by atoms with van der Waals surface area (Å²) < 4.78 is 0. The minimum atomic E-state index is 0.585. The van der Waals surface area contributed by atoms with Gasteiger partial charge in [-0.15, -0.1) is 22.9 Å². The third-order valence-corrected chi connectivity index (χ3v) is 4.87. The molecule has 2 rings (SSSR count). The second-order valence-electron chi connectivity index (χ2n) is 4.84. The zero-order valence-electron chi connectivity index (χ0n) is 11.4. The van der Waals surface area contributed by atoms with Crippen molar-refractivity contribution in [2.45, 2.75) is 33.1 Å². The number of hydrogen-bond acceptors (Lipinski definition) is 4. The van der Waals surface area contributed by atoms with Crippen molar-refractivity contribution >= 4 is 39.0 Å². The van der Waals surface area contributed by atoms with E-state index < -0.39 is 0 Å². The predicted molar refractivity (Wildman–Crippen MR) is 84.4 cm³/mol. The fourth-order valence-electron chi connectivity index (χ4n) is 1.96. The molecule has 0 saturated heterocycles. The van der Waals surface area contributed by atoms with Gasteiger partial charge in [-0.25, -0.2) is 9.97 Å². The molecule has 2 heterocycles. The minimum absolute atomic E-state index is 0.585. The van der Waals surface area contributed by atoms with E-state index in [9.17, 15) is 0 Å². The third kappa shape index (κ3) is 3.80. The first-order chi connectivity index (χ1) is 9.24. The summed E-state index contributed by atoms with van der Waals surface area (Å²) in [6.45, 7) is 5.28. The van der Waals surface area contributed by atoms with Gasteiger partial charge in [0.05, 0.1) is 5.39 Å². The maximum atomic E-state index is 5.81. The van der Waals surface area contributed by atoms with Gasteiger partial charge in [-0.2, -0.15) is 0 Å². The van der Waals surface area contributed by atoms with E-state index in [2.05, 4.69) is 35.2 Å². The van der Waals surface area contributed by atoms with Gasteiger partial charge in [0.2, 0.25) is 0 Å². The summed E-state index contributed by atoms with van der Waals surface area (Å²) in [5, 5.41) is 4.56. The zero-order chi connectivity index (χ0) is 13.7. The molecule has 0 aliphatic heterocycles. The standard InChI is InChI=1S/C14H20ClN3S/c1-3-11-7-12-13(17-9-18-14(12)19-11)16-6-4-5-10(2)8-15/h7,9-10H,3-6,8H2,1-2H3,(H,16,17,18). The highest BCUT2D eigenvalue weighted by Crippen LogP contribution is 2.28. The SMILES string of the molecule is CCc1cc2c(NCCCC(C)CCl)ncnc2s1. The summed E-state index contributed by atoms with van der Waals surface area (Å²) in [6, 6.07) is 2.20. The number of alkyl halides is 1. The molecule has 19 heavy (non-hydrogen) atoms. The largest absolute Gasteiger partial charge is 0.369 e. The van der Waals surface area contributed by atoms with Crippen LogP contribution in [0.2, 0.25) is 0 Å². The van der Waals surface area contributed by atoms with Gasteiger partial charge in [0.25, 0.3) is 0 Å². The maximum absolute atomic E-state index is 5.81. The molecule has 3 nitrogen and oxygen atoms in total. The molecule has 0 amide bonds. The van der Waals surface area contributed by atoms with Crippen molar-refractivity contribution in [2.75, 3.05) is 17.7 Å². The third-order valence-electron chi connectivity index (χ3n) is 3.16. The van der Waals surface area contributed by atoms with Gasteiger partial charge in [0, 0.05) is 17.3 Å². The van der Waals surface area contributed by atoms with Crippen LogP contribution in [0.5, 0.6) is 0 Å². The molecule has 0 radical (unpaired) electrons. The van der Waals surface area contributed by atoms with Crippen LogP contribution in [-0.2, 0) is 6.42 Å². The van der Waals surface area contributed by atoms with Gasteiger partial charge in [-0.05, 0) is 31.2 Å². The van der Waals surface area contributed by atoms with Gasteiger partial charge in [0.15, 0.2) is 0 Å². The van der Waals surface area contributed by atoms with Crippen molar-refractivity contribution in [3.63, 3.8) is 0 Å². The zero-order valence-corrected chi connectivity index (χ0v) is 13.0. The molecule has 1 atom stereocenters. The fourth-order valence-corrected chi connectivity index (χ4v) is 3.04. The summed E-state index contributed by atoms with van der Waals surface area (Å²) in [6.07, 6.45) is 4.95. The van der Waals surface area contributed by atoms with E-state index in [-0.39, 0.29) is 0 Å². The van der Waals surface area contributed by atoms with Crippen LogP contribution in [0.4, 0.5) is 5.82 Å². The summed E-state index contributed by atoms with van der Waals surface area (Å²) in [4.78, 5) is 11.1. The summed E-state index contributed by atoms with van der Waals surface area (Å²) >= 11 is 7.56. The molecule has 2 aromatic heterocycles. The van der Waals surface area contributed by atoms with Crippen molar-refractivity contribution in [2.24, 2.45) is 5.92 Å². The van der Waals surface area contributed by atoms with E-state index in [1.54, 1.807) is 17.7 Å². The number of aromatic nitrogens is 2. The van der Waals surface area contributed by atoms with Crippen LogP contribution in [-0.4, -0.2) is 22.4 Å². The molecule has 104 valence electrons. The van der Waals surface area contributed by atoms with E-state index in [1.165, 1.54) is 4.88 Å². The second kappa shape index (κ2) is 7.06. The van der Waals surface area contributed by atoms with Crippen molar-refractivity contribution in [1.82, 2.24) is 9.97 Å². The van der Waals surface area contributed by atoms with Gasteiger partial charge < -0.3 is 5.32 Å². The lowest BCUT2D eigenvalue weighted by Crippen LogP contribution is -2.06. The van der Waals surface area contributed by atoms with Crippen molar-refractivity contribution in [3.8, 4) is 0 Å². The number of aryl methyl sites for hydroxylation is 1. The minimum Gasteiger partial charge on any atom is -0.369 e. The fraction of sp³-hybridized carbons (Fsp3) is 0.571. The van der Waals surface area contributed by atoms with Crippen LogP contribution < -0.4 is 5.32 Å². The van der Waals surface area contributed by atoms with E-state index >= 15 is 0 Å². The van der Waals surface area contributed by atoms with Crippen LogP contribution in [0.3, 0.4) is 0 Å². The Kier molecular flexibility index (Phi) is 5.40. The molecule has 1 unspecified atom stereocenters. The number of halogens is 1. The lowest BCUT2D eigenvalue weighted by Gasteiger charge is -2.08. The molecule has 0 aliphatic carbocycles. The van der Waals surface area contributed by atoms with Crippen LogP contribution in [0.25, 0.3) is 10.2 Å². The Morgan fingerprint density at radius 1 is 1.42 bits per heavy atom. The van der Waals surface area contributed by atoms with Gasteiger partial charge in [-0.1, -0.05) is 13.8 Å². The Hall–Kier alpha value is -0.870. The highest BCUT2D eigenvalue weighted by atomic mass is 35.5. The molecular formula is C14H20ClN3S. The van der Waals surface area contributed by atoms with E-state index in [1.807, 2.05) is 0 Å². The first kappa shape index (κ1) is 14.5. The van der Waals surface area contributed by atoms with Crippen LogP contribution in [0, 0.1) is 5.92 Å². The molecule has 0 saturated carbocycles. The first-order valence-electron chi connectivity index (χ1n) is 6.77. The molecule has 2 aromatic rings. The van der Waals surface area contributed by atoms with Gasteiger partial charge >= 0.3 is 0 Å². The van der Waals surface area contributed by atoms with Gasteiger partial charge in [0.1, 0.15) is 17.0 Å². The van der Waals surface area contributed by atoms with E-state index in [4.69, 9.17) is 11.6 Å². The smallest absolute Gasteiger partial charge is 0.138 e. The highest BCUT2D eigenvalue weighted by Gasteiger charge is 2.07. The van der Waals surface area contributed by atoms with Crippen molar-refractivity contribution < 1.29 is 0 Å². The predicted octanol–water partition coefficient (Wildman–Crippen LogP) is 4.32. The molecule has 0 fully saturated rings. The summed E-state index contributed by atoms with van der Waals surface area (Å²) in [7, 11) is 0. The number of thiophene rings is 1. The maximum Gasteiger partial charge on any atom is 0.138 e. The molecule has 0 aliphatic rings. The summed E-state index contributed by atoms with van der Waals surface area (Å²) in [5.41, 5.74) is 0. The molecule has 0 aromatic carbocycles. The number of hydrogen-bond donors (Lipinski definition) is 1. The summed E-state index contributed by atoms with van der Waals surface area (Å²) in [5.74, 6) is 2.28. The Morgan fingerprint density at radius 3 is 3.00 bits per heavy atom. The quantitative estimate of drug-likeness (QED) is 0.611. The number of anilines is 1. The topological polar surface area (TPSA) is 37.8 Å². The van der Waals surface area contributed by atoms with E-state index in [0.29, 0.717) is 5.92 Å². The molecule has 0 spiro atoms. The van der Waals surface area contributed by atoms with E-state index in [0.717, 1.165) is 47.7 Å². The Bertz CT molecular complexity index is 526. The lowest BCUT2D eigenvalue weighted by atomic mass is 10.1. The first-order valence-corrected chi connectivity index (χ1v) is 8.13. The van der Waals surface area contributed by atoms with Crippen molar-refractivity contribution in [1.29, 1.82) is 0 Å². The Labute approximate surface area is 123 Å². The number of nitrogens with one attached hydrogen (secondary N) is 1. The lowest BCUT2D eigenvalue weighted by molar-refractivity contribution is 0.572. The van der Waals surface area contributed by atoms with Crippen LogP contribution in [0.1, 0.15) is 31.6 Å². The molecule has 1 N–H and O–H groups in total. The van der Waals surface area contributed by atoms with Gasteiger partial charge in [-0.3, -0.25) is 0 Å². The molecule has 5 heteroatoms. The monoisotopic (exact) mass is 297 g/mol. The molecular weight excluding hydrogens is 278 g/mol. The number of rotatable bonds is 7. The second-order valence-corrected chi connectivity index (χ2v) is 6.26. The number of fused-ring (bicyclic) bond motifs is 1. The highest BCUT2D eigenvalue weighted by molar-refractivity contribution is 7.18. The normalized spacial score (nSPS) is 12.8. The number of nitrogens with zero attached hydrogens (tertiary/aromatic N) is 2. The average Bonchev–Trinajstić information content (AvgIpc) is 2.87. The van der Waals surface area contributed by atoms with Crippen LogP contribution in [0.15, 0.2) is 12.4 Å². The Morgan fingerprint density at radius 2 is 2.26 bits per heavy atom. The molecule has 0 bridgehead atoms. The Balaban J connectivity index is 1.98.